The van der Waals surface area contributed by atoms with E-state index in [4.69, 9.17) is 4.74 Å². The van der Waals surface area contributed by atoms with Gasteiger partial charge >= 0.3 is 6.18 Å². The molecule has 2 aliphatic rings. The van der Waals surface area contributed by atoms with Crippen molar-refractivity contribution < 1.29 is 31.5 Å². The van der Waals surface area contributed by atoms with Crippen molar-refractivity contribution in [3.8, 4) is 11.1 Å². The summed E-state index contributed by atoms with van der Waals surface area (Å²) in [7, 11) is 1.96. The number of anilines is 3. The molecule has 5 rings (SSSR count). The van der Waals surface area contributed by atoms with Gasteiger partial charge in [0.25, 0.3) is 5.91 Å². The topological polar surface area (TPSA) is 73.8 Å². The fraction of sp³-hybridized carbons (Fsp3) is 0.414. The van der Waals surface area contributed by atoms with E-state index in [2.05, 4.69) is 20.2 Å². The monoisotopic (exact) mass is 590 g/mol. The summed E-state index contributed by atoms with van der Waals surface area (Å²) in [5.74, 6) is -2.37. The van der Waals surface area contributed by atoms with Crippen molar-refractivity contribution in [1.82, 2.24) is 14.9 Å². The Morgan fingerprint density at radius 3 is 2.43 bits per heavy atom. The van der Waals surface area contributed by atoms with E-state index in [1.807, 2.05) is 30.7 Å². The number of nitrogens with zero attached hydrogens (tertiary/aromatic N) is 5. The SMILES string of the molecule is C[C@H]1CN(c2cc(F)c(-c3cnc(N4CCOC[C@@H]4C)nc3)cc2NC(=O)c2ccc(F)cc2C(F)(F)F)CCN1C. The van der Waals surface area contributed by atoms with Crippen LogP contribution in [-0.4, -0.2) is 79.3 Å². The smallest absolute Gasteiger partial charge is 0.377 e. The van der Waals surface area contributed by atoms with E-state index in [0.29, 0.717) is 56.6 Å². The normalized spacial score (nSPS) is 20.1. The number of rotatable bonds is 5. The maximum atomic E-state index is 15.7. The number of amides is 1. The number of aromatic nitrogens is 2. The van der Waals surface area contributed by atoms with Crippen LogP contribution < -0.4 is 15.1 Å². The molecule has 2 aliphatic heterocycles. The minimum Gasteiger partial charge on any atom is -0.377 e. The molecular formula is C29H31F5N6O2. The van der Waals surface area contributed by atoms with E-state index in [0.717, 1.165) is 12.1 Å². The molecule has 42 heavy (non-hydrogen) atoms. The van der Waals surface area contributed by atoms with Gasteiger partial charge in [0.2, 0.25) is 5.95 Å². The lowest BCUT2D eigenvalue weighted by Gasteiger charge is -2.39. The van der Waals surface area contributed by atoms with Crippen molar-refractivity contribution in [2.75, 3.05) is 61.6 Å². The highest BCUT2D eigenvalue weighted by molar-refractivity contribution is 6.07. The van der Waals surface area contributed by atoms with Crippen molar-refractivity contribution in [1.29, 1.82) is 0 Å². The Balaban J connectivity index is 1.53. The first-order chi connectivity index (χ1) is 19.9. The molecule has 0 aliphatic carbocycles. The molecule has 0 unspecified atom stereocenters. The number of carbonyl (C=O) groups excluding carboxylic acids is 1. The Morgan fingerprint density at radius 1 is 1.02 bits per heavy atom. The minimum atomic E-state index is -4.96. The average Bonchev–Trinajstić information content (AvgIpc) is 2.95. The molecule has 1 aromatic heterocycles. The Bertz CT molecular complexity index is 1450. The standard InChI is InChI=1S/C29H31F5N6O2/c1-17-15-39(7-6-38(17)3)26-12-24(31)22(19-13-35-28(36-14-19)40-8-9-42-16-18(40)2)11-25(26)37-27(41)21-5-4-20(30)10-23(21)29(32,33)34/h4-5,10-14,17-18H,6-9,15-16H2,1-3H3,(H,37,41)/t17-,18-/m0/s1. The predicted molar refractivity (Wildman–Crippen MR) is 149 cm³/mol. The van der Waals surface area contributed by atoms with E-state index < -0.39 is 34.8 Å². The van der Waals surface area contributed by atoms with Gasteiger partial charge < -0.3 is 24.8 Å². The van der Waals surface area contributed by atoms with Gasteiger partial charge in [-0.2, -0.15) is 13.2 Å². The zero-order chi connectivity index (χ0) is 30.2. The number of piperazine rings is 1. The highest BCUT2D eigenvalue weighted by atomic mass is 19.4. The Kier molecular flexibility index (Phi) is 8.33. The third-order valence-electron chi connectivity index (χ3n) is 7.74. The zero-order valence-electron chi connectivity index (χ0n) is 23.4. The number of halogens is 5. The molecular weight excluding hydrogens is 559 g/mol. The fourth-order valence-corrected chi connectivity index (χ4v) is 5.18. The predicted octanol–water partition coefficient (Wildman–Crippen LogP) is 5.06. The van der Waals surface area contributed by atoms with Crippen LogP contribution in [0.15, 0.2) is 42.7 Å². The van der Waals surface area contributed by atoms with Crippen molar-refractivity contribution in [2.24, 2.45) is 0 Å². The van der Waals surface area contributed by atoms with Gasteiger partial charge in [-0.3, -0.25) is 4.79 Å². The molecule has 8 nitrogen and oxygen atoms in total. The Labute approximate surface area is 240 Å². The molecule has 0 bridgehead atoms. The summed E-state index contributed by atoms with van der Waals surface area (Å²) in [6.07, 6.45) is -2.03. The Morgan fingerprint density at radius 2 is 1.76 bits per heavy atom. The number of morpholine rings is 1. The van der Waals surface area contributed by atoms with E-state index >= 15 is 4.39 Å². The van der Waals surface area contributed by atoms with Gasteiger partial charge in [0.05, 0.1) is 41.8 Å². The second-order valence-corrected chi connectivity index (χ2v) is 10.7. The van der Waals surface area contributed by atoms with E-state index in [9.17, 15) is 22.4 Å². The van der Waals surface area contributed by atoms with E-state index in [1.165, 1.54) is 24.5 Å². The quantitative estimate of drug-likeness (QED) is 0.417. The second-order valence-electron chi connectivity index (χ2n) is 10.7. The summed E-state index contributed by atoms with van der Waals surface area (Å²) in [5.41, 5.74) is -1.34. The van der Waals surface area contributed by atoms with Gasteiger partial charge in [0, 0.05) is 55.7 Å². The first kappa shape index (κ1) is 29.6. The number of ether oxygens (including phenoxy) is 1. The summed E-state index contributed by atoms with van der Waals surface area (Å²) in [5, 5.41) is 2.54. The second kappa shape index (κ2) is 11.8. The number of nitrogens with one attached hydrogen (secondary N) is 1. The summed E-state index contributed by atoms with van der Waals surface area (Å²) >= 11 is 0. The molecule has 2 fully saturated rings. The third kappa shape index (κ3) is 6.16. The summed E-state index contributed by atoms with van der Waals surface area (Å²) in [4.78, 5) is 28.0. The van der Waals surface area contributed by atoms with Crippen LogP contribution in [0, 0.1) is 11.6 Å². The molecule has 2 saturated heterocycles. The highest BCUT2D eigenvalue weighted by Gasteiger charge is 2.36. The molecule has 2 atom stereocenters. The summed E-state index contributed by atoms with van der Waals surface area (Å²) in [6, 6.07) is 4.65. The first-order valence-corrected chi connectivity index (χ1v) is 13.6. The maximum absolute atomic E-state index is 15.7. The van der Waals surface area contributed by atoms with E-state index in [1.54, 1.807) is 0 Å². The third-order valence-corrected chi connectivity index (χ3v) is 7.74. The fourth-order valence-electron chi connectivity index (χ4n) is 5.18. The first-order valence-electron chi connectivity index (χ1n) is 13.6. The van der Waals surface area contributed by atoms with Crippen LogP contribution in [-0.2, 0) is 10.9 Å². The van der Waals surface area contributed by atoms with Crippen LogP contribution in [0.4, 0.5) is 39.3 Å². The van der Waals surface area contributed by atoms with Crippen LogP contribution in [0.3, 0.4) is 0 Å². The van der Waals surface area contributed by atoms with Gasteiger partial charge in [-0.25, -0.2) is 18.7 Å². The molecule has 1 amide bonds. The van der Waals surface area contributed by atoms with Crippen LogP contribution in [0.25, 0.3) is 11.1 Å². The van der Waals surface area contributed by atoms with Crippen LogP contribution >= 0.6 is 0 Å². The van der Waals surface area contributed by atoms with Gasteiger partial charge in [-0.1, -0.05) is 0 Å². The lowest BCUT2D eigenvalue weighted by Crippen LogP contribution is -2.50. The molecule has 3 aromatic rings. The van der Waals surface area contributed by atoms with Gasteiger partial charge in [0.15, 0.2) is 0 Å². The summed E-state index contributed by atoms with van der Waals surface area (Å²) < 4.78 is 75.8. The molecule has 224 valence electrons. The Hall–Kier alpha value is -3.84. The number of benzene rings is 2. The molecule has 0 radical (unpaired) electrons. The highest BCUT2D eigenvalue weighted by Crippen LogP contribution is 2.37. The number of hydrogen-bond donors (Lipinski definition) is 1. The van der Waals surface area contributed by atoms with Gasteiger partial charge in [-0.05, 0) is 51.2 Å². The number of likely N-dealkylation sites (N-methyl/N-ethyl adjacent to an activating group) is 1. The zero-order valence-corrected chi connectivity index (χ0v) is 23.4. The van der Waals surface area contributed by atoms with Crippen LogP contribution in [0.1, 0.15) is 29.8 Å². The van der Waals surface area contributed by atoms with Gasteiger partial charge in [0.1, 0.15) is 11.6 Å². The average molecular weight is 591 g/mol. The van der Waals surface area contributed by atoms with E-state index in [-0.39, 0.29) is 29.4 Å². The molecule has 0 spiro atoms. The lowest BCUT2D eigenvalue weighted by molar-refractivity contribution is -0.138. The van der Waals surface area contributed by atoms with Crippen molar-refractivity contribution in [2.45, 2.75) is 32.1 Å². The number of alkyl halides is 3. The lowest BCUT2D eigenvalue weighted by atomic mass is 10.0. The number of carbonyl (C=O) groups is 1. The molecule has 3 heterocycles. The molecule has 13 heteroatoms. The largest absolute Gasteiger partial charge is 0.417 e. The van der Waals surface area contributed by atoms with Crippen molar-refractivity contribution >= 4 is 23.2 Å². The van der Waals surface area contributed by atoms with Gasteiger partial charge in [-0.15, -0.1) is 0 Å². The molecule has 2 aromatic carbocycles. The van der Waals surface area contributed by atoms with Crippen LogP contribution in [0.5, 0.6) is 0 Å². The minimum absolute atomic E-state index is 0.0569. The van der Waals surface area contributed by atoms with Crippen molar-refractivity contribution in [3.63, 3.8) is 0 Å². The van der Waals surface area contributed by atoms with Crippen LogP contribution in [0.2, 0.25) is 0 Å². The number of hydrogen-bond acceptors (Lipinski definition) is 7. The maximum Gasteiger partial charge on any atom is 0.417 e. The summed E-state index contributed by atoms with van der Waals surface area (Å²) in [6.45, 7) is 7.30. The molecule has 1 N–H and O–H groups in total. The molecule has 0 saturated carbocycles. The van der Waals surface area contributed by atoms with Crippen molar-refractivity contribution in [3.05, 3.63) is 65.5 Å².